The number of hydrogen-bond donors (Lipinski definition) is 2. The molecule has 0 atom stereocenters. The van der Waals surface area contributed by atoms with E-state index < -0.39 is 11.5 Å². The minimum Gasteiger partial charge on any atom is -0.480 e. The summed E-state index contributed by atoms with van der Waals surface area (Å²) in [5.41, 5.74) is 0.712. The summed E-state index contributed by atoms with van der Waals surface area (Å²) >= 11 is 0. The molecule has 0 bridgehead atoms. The second-order valence-electron chi connectivity index (χ2n) is 4.26. The molecule has 0 saturated carbocycles. The second kappa shape index (κ2) is 6.18. The van der Waals surface area contributed by atoms with Crippen LogP contribution in [-0.2, 0) is 11.3 Å². The number of carboxylic acids is 1. The quantitative estimate of drug-likeness (QED) is 0.807. The maximum absolute atomic E-state index is 11.3. The van der Waals surface area contributed by atoms with Crippen LogP contribution < -0.4 is 5.32 Å². The van der Waals surface area contributed by atoms with Crippen molar-refractivity contribution in [3.8, 4) is 6.07 Å². The number of carbonyl (C=O) groups is 1. The summed E-state index contributed by atoms with van der Waals surface area (Å²) in [4.78, 5) is 11.3. The third kappa shape index (κ3) is 3.08. The summed E-state index contributed by atoms with van der Waals surface area (Å²) in [7, 11) is 0. The molecule has 0 amide bonds. The Bertz CT molecular complexity index is 442. The van der Waals surface area contributed by atoms with Crippen molar-refractivity contribution in [1.82, 2.24) is 5.32 Å². The average molecular weight is 246 g/mol. The highest BCUT2D eigenvalue weighted by molar-refractivity contribution is 5.78. The van der Waals surface area contributed by atoms with Gasteiger partial charge in [0.25, 0.3) is 0 Å². The highest BCUT2D eigenvalue weighted by Gasteiger charge is 2.33. The molecule has 0 aliphatic rings. The van der Waals surface area contributed by atoms with Gasteiger partial charge in [-0.1, -0.05) is 26.0 Å². The van der Waals surface area contributed by atoms with Gasteiger partial charge in [0, 0.05) is 6.54 Å². The topological polar surface area (TPSA) is 73.1 Å². The first-order chi connectivity index (χ1) is 8.57. The van der Waals surface area contributed by atoms with E-state index in [1.807, 2.05) is 26.0 Å². The zero-order valence-electron chi connectivity index (χ0n) is 10.7. The first-order valence-corrected chi connectivity index (χ1v) is 6.05. The Kier molecular flexibility index (Phi) is 4.87. The molecule has 1 rings (SSSR count). The number of benzene rings is 1. The van der Waals surface area contributed by atoms with E-state index in [1.165, 1.54) is 0 Å². The summed E-state index contributed by atoms with van der Waals surface area (Å²) in [6, 6.07) is 9.19. The Labute approximate surface area is 107 Å². The van der Waals surface area contributed by atoms with E-state index >= 15 is 0 Å². The van der Waals surface area contributed by atoms with Crippen molar-refractivity contribution >= 4 is 5.97 Å². The lowest BCUT2D eigenvalue weighted by atomic mass is 9.92. The van der Waals surface area contributed by atoms with Crippen molar-refractivity contribution < 1.29 is 9.90 Å². The molecule has 0 radical (unpaired) electrons. The molecule has 0 saturated heterocycles. The molecule has 1 aromatic rings. The van der Waals surface area contributed by atoms with E-state index in [9.17, 15) is 9.90 Å². The van der Waals surface area contributed by atoms with Gasteiger partial charge in [0.1, 0.15) is 5.54 Å². The van der Waals surface area contributed by atoms with Crippen molar-refractivity contribution in [2.75, 3.05) is 0 Å². The number of hydrogen-bond acceptors (Lipinski definition) is 3. The van der Waals surface area contributed by atoms with Gasteiger partial charge in [-0.3, -0.25) is 10.1 Å². The predicted octanol–water partition coefficient (Wildman–Crippen LogP) is 2.29. The fourth-order valence-electron chi connectivity index (χ4n) is 1.85. The minimum atomic E-state index is -0.867. The Morgan fingerprint density at radius 1 is 1.33 bits per heavy atom. The van der Waals surface area contributed by atoms with Gasteiger partial charge in [-0.15, -0.1) is 0 Å². The van der Waals surface area contributed by atoms with Gasteiger partial charge in [-0.25, -0.2) is 0 Å². The molecular formula is C14H18N2O2. The Balaban J connectivity index is 2.73. The fraction of sp³-hybridized carbons (Fsp3) is 0.429. The van der Waals surface area contributed by atoms with Gasteiger partial charge in [-0.05, 0) is 30.5 Å². The van der Waals surface area contributed by atoms with Crippen LogP contribution in [-0.4, -0.2) is 16.6 Å². The molecule has 96 valence electrons. The molecule has 0 heterocycles. The lowest BCUT2D eigenvalue weighted by Crippen LogP contribution is -2.50. The summed E-state index contributed by atoms with van der Waals surface area (Å²) in [5, 5.41) is 21.1. The molecule has 18 heavy (non-hydrogen) atoms. The predicted molar refractivity (Wildman–Crippen MR) is 68.9 cm³/mol. The van der Waals surface area contributed by atoms with E-state index in [4.69, 9.17) is 5.26 Å². The van der Waals surface area contributed by atoms with Crippen LogP contribution in [0.2, 0.25) is 0 Å². The Morgan fingerprint density at radius 3 is 2.28 bits per heavy atom. The Hall–Kier alpha value is -1.86. The number of carboxylic acid groups (broad SMARTS) is 1. The summed E-state index contributed by atoms with van der Waals surface area (Å²) in [6.45, 7) is 4.21. The first kappa shape index (κ1) is 14.2. The van der Waals surface area contributed by atoms with Crippen molar-refractivity contribution in [1.29, 1.82) is 5.26 Å². The summed E-state index contributed by atoms with van der Waals surface area (Å²) < 4.78 is 0. The zero-order chi connectivity index (χ0) is 13.6. The molecule has 0 aliphatic carbocycles. The van der Waals surface area contributed by atoms with Crippen LogP contribution in [0.3, 0.4) is 0 Å². The Morgan fingerprint density at radius 2 is 1.89 bits per heavy atom. The standard InChI is InChI=1S/C14H18N2O2/c1-3-14(4-2,13(17)18)16-10-12-7-5-11(9-15)6-8-12/h5-8,16H,3-4,10H2,1-2H3,(H,17,18). The first-order valence-electron chi connectivity index (χ1n) is 6.05. The van der Waals surface area contributed by atoms with Crippen LogP contribution in [0, 0.1) is 11.3 Å². The smallest absolute Gasteiger partial charge is 0.323 e. The van der Waals surface area contributed by atoms with Crippen molar-refractivity contribution in [3.63, 3.8) is 0 Å². The third-order valence-corrected chi connectivity index (χ3v) is 3.33. The maximum atomic E-state index is 11.3. The van der Waals surface area contributed by atoms with E-state index in [0.29, 0.717) is 24.9 Å². The number of nitrogens with zero attached hydrogens (tertiary/aromatic N) is 1. The van der Waals surface area contributed by atoms with Crippen LogP contribution in [0.25, 0.3) is 0 Å². The monoisotopic (exact) mass is 246 g/mol. The second-order valence-corrected chi connectivity index (χ2v) is 4.26. The molecular weight excluding hydrogens is 228 g/mol. The fourth-order valence-corrected chi connectivity index (χ4v) is 1.85. The molecule has 4 nitrogen and oxygen atoms in total. The largest absolute Gasteiger partial charge is 0.480 e. The molecule has 0 unspecified atom stereocenters. The summed E-state index contributed by atoms with van der Waals surface area (Å²) in [6.07, 6.45) is 1.07. The molecule has 0 spiro atoms. The lowest BCUT2D eigenvalue weighted by molar-refractivity contribution is -0.145. The third-order valence-electron chi connectivity index (χ3n) is 3.33. The molecule has 0 fully saturated rings. The van der Waals surface area contributed by atoms with E-state index in [-0.39, 0.29) is 0 Å². The van der Waals surface area contributed by atoms with Crippen molar-refractivity contribution in [2.45, 2.75) is 38.8 Å². The van der Waals surface area contributed by atoms with E-state index in [0.717, 1.165) is 5.56 Å². The van der Waals surface area contributed by atoms with Crippen LogP contribution >= 0.6 is 0 Å². The van der Waals surface area contributed by atoms with E-state index in [2.05, 4.69) is 11.4 Å². The molecule has 4 heteroatoms. The van der Waals surface area contributed by atoms with Gasteiger partial charge in [0.05, 0.1) is 11.6 Å². The van der Waals surface area contributed by atoms with Gasteiger partial charge in [-0.2, -0.15) is 5.26 Å². The molecule has 0 aliphatic heterocycles. The number of nitriles is 1. The van der Waals surface area contributed by atoms with Gasteiger partial charge in [0.2, 0.25) is 0 Å². The lowest BCUT2D eigenvalue weighted by Gasteiger charge is -2.28. The van der Waals surface area contributed by atoms with Gasteiger partial charge >= 0.3 is 5.97 Å². The maximum Gasteiger partial charge on any atom is 0.323 e. The number of nitrogens with one attached hydrogen (secondary N) is 1. The normalized spacial score (nSPS) is 10.9. The van der Waals surface area contributed by atoms with Crippen molar-refractivity contribution in [3.05, 3.63) is 35.4 Å². The summed E-state index contributed by atoms with van der Waals surface area (Å²) in [5.74, 6) is -0.818. The van der Waals surface area contributed by atoms with Gasteiger partial charge < -0.3 is 5.11 Å². The highest BCUT2D eigenvalue weighted by atomic mass is 16.4. The van der Waals surface area contributed by atoms with Crippen molar-refractivity contribution in [2.24, 2.45) is 0 Å². The van der Waals surface area contributed by atoms with Crippen LogP contribution in [0.1, 0.15) is 37.8 Å². The number of rotatable bonds is 6. The van der Waals surface area contributed by atoms with Gasteiger partial charge in [0.15, 0.2) is 0 Å². The van der Waals surface area contributed by atoms with Crippen LogP contribution in [0.5, 0.6) is 0 Å². The minimum absolute atomic E-state index is 0.486. The zero-order valence-corrected chi connectivity index (χ0v) is 10.7. The molecule has 1 aromatic carbocycles. The SMILES string of the molecule is CCC(CC)(NCc1ccc(C#N)cc1)C(=O)O. The molecule has 0 aromatic heterocycles. The van der Waals surface area contributed by atoms with Crippen LogP contribution in [0.4, 0.5) is 0 Å². The van der Waals surface area contributed by atoms with E-state index in [1.54, 1.807) is 12.1 Å². The van der Waals surface area contributed by atoms with Crippen LogP contribution in [0.15, 0.2) is 24.3 Å². The highest BCUT2D eigenvalue weighted by Crippen LogP contribution is 2.16. The number of aliphatic carboxylic acids is 1. The molecule has 2 N–H and O–H groups in total. The average Bonchev–Trinajstić information content (AvgIpc) is 2.41.